The molecule has 3 rings (SSSR count). The number of halogens is 2. The molecule has 2 N–H and O–H groups in total. The number of aryl methyl sites for hydroxylation is 1. The molecule has 0 saturated carbocycles. The van der Waals surface area contributed by atoms with Crippen LogP contribution in [0, 0.1) is 12.8 Å². The third kappa shape index (κ3) is 4.85. The Morgan fingerprint density at radius 3 is 2.57 bits per heavy atom. The molecule has 0 aliphatic carbocycles. The molecule has 0 radical (unpaired) electrons. The van der Waals surface area contributed by atoms with E-state index in [1.807, 2.05) is 25.1 Å². The molecular weight excluding hydrogens is 415 g/mol. The average molecular weight is 435 g/mol. The smallest absolute Gasteiger partial charge is 0.335 e. The molecule has 0 unspecified atom stereocenters. The number of hydrogen-bond acceptors (Lipinski definition) is 4. The summed E-state index contributed by atoms with van der Waals surface area (Å²) in [6.45, 7) is 6.18. The summed E-state index contributed by atoms with van der Waals surface area (Å²) in [6, 6.07) is 10.6. The van der Waals surface area contributed by atoms with Gasteiger partial charge in [0.2, 0.25) is 0 Å². The minimum absolute atomic E-state index is 0.242. The fourth-order valence-electron chi connectivity index (χ4n) is 2.89. The third-order valence-corrected chi connectivity index (χ3v) is 5.79. The molecule has 0 saturated heterocycles. The van der Waals surface area contributed by atoms with Crippen molar-refractivity contribution in [1.82, 2.24) is 4.98 Å². The molecule has 0 atom stereocenters. The van der Waals surface area contributed by atoms with E-state index in [2.05, 4.69) is 19.2 Å². The highest BCUT2D eigenvalue weighted by Crippen LogP contribution is 2.36. The number of nitrogens with one attached hydrogen (secondary N) is 1. The van der Waals surface area contributed by atoms with Gasteiger partial charge in [-0.05, 0) is 55.2 Å². The van der Waals surface area contributed by atoms with Gasteiger partial charge < -0.3 is 10.4 Å². The van der Waals surface area contributed by atoms with Gasteiger partial charge in [-0.1, -0.05) is 43.1 Å². The molecule has 0 aliphatic rings. The van der Waals surface area contributed by atoms with Crippen LogP contribution in [-0.4, -0.2) is 16.1 Å². The van der Waals surface area contributed by atoms with Gasteiger partial charge in [-0.15, -0.1) is 11.3 Å². The van der Waals surface area contributed by atoms with Gasteiger partial charge in [-0.3, -0.25) is 0 Å². The molecular formula is C21H20Cl2N2O2S. The van der Waals surface area contributed by atoms with Crippen molar-refractivity contribution in [2.75, 3.05) is 5.32 Å². The first-order chi connectivity index (χ1) is 13.2. The standard InChI is InChI=1S/C21H20Cl2N2O2S/c1-11(2)6-18-19(13-4-5-16(22)17(23)10-13)25-21(28-18)24-15-8-12(3)7-14(9-15)20(26)27/h4-5,7-11H,6H2,1-3H3,(H,24,25)(H,26,27). The zero-order valence-electron chi connectivity index (χ0n) is 15.7. The number of nitrogens with zero attached hydrogens (tertiary/aromatic N) is 1. The highest BCUT2D eigenvalue weighted by atomic mass is 35.5. The van der Waals surface area contributed by atoms with Crippen LogP contribution in [0.25, 0.3) is 11.3 Å². The maximum Gasteiger partial charge on any atom is 0.335 e. The Labute approximate surface area is 178 Å². The Morgan fingerprint density at radius 1 is 1.18 bits per heavy atom. The third-order valence-electron chi connectivity index (χ3n) is 4.06. The van der Waals surface area contributed by atoms with Crippen molar-refractivity contribution < 1.29 is 9.90 Å². The van der Waals surface area contributed by atoms with Crippen molar-refractivity contribution in [3.05, 3.63) is 62.4 Å². The van der Waals surface area contributed by atoms with Gasteiger partial charge in [0.25, 0.3) is 0 Å². The van der Waals surface area contributed by atoms with Crippen LogP contribution >= 0.6 is 34.5 Å². The molecule has 0 fully saturated rings. The van der Waals surface area contributed by atoms with Gasteiger partial charge in [0, 0.05) is 16.1 Å². The van der Waals surface area contributed by atoms with E-state index in [9.17, 15) is 9.90 Å². The van der Waals surface area contributed by atoms with Crippen LogP contribution < -0.4 is 5.32 Å². The second kappa shape index (κ2) is 8.52. The number of anilines is 2. The SMILES string of the molecule is Cc1cc(Nc2nc(-c3ccc(Cl)c(Cl)c3)c(CC(C)C)s2)cc(C(=O)O)c1. The summed E-state index contributed by atoms with van der Waals surface area (Å²) >= 11 is 13.8. The van der Waals surface area contributed by atoms with Crippen LogP contribution in [0.5, 0.6) is 0 Å². The van der Waals surface area contributed by atoms with E-state index in [0.29, 0.717) is 26.8 Å². The Hall–Kier alpha value is -2.08. The lowest BCUT2D eigenvalue weighted by atomic mass is 10.0. The number of aromatic nitrogens is 1. The quantitative estimate of drug-likeness (QED) is 0.435. The maximum atomic E-state index is 11.3. The Balaban J connectivity index is 2.00. The summed E-state index contributed by atoms with van der Waals surface area (Å²) in [6.07, 6.45) is 0.878. The molecule has 0 amide bonds. The first kappa shape index (κ1) is 20.6. The number of carboxylic acid groups (broad SMARTS) is 1. The van der Waals surface area contributed by atoms with E-state index in [4.69, 9.17) is 28.2 Å². The molecule has 0 spiro atoms. The predicted molar refractivity (Wildman–Crippen MR) is 118 cm³/mol. The molecule has 4 nitrogen and oxygen atoms in total. The lowest BCUT2D eigenvalue weighted by molar-refractivity contribution is 0.0697. The van der Waals surface area contributed by atoms with Gasteiger partial charge in [0.15, 0.2) is 5.13 Å². The summed E-state index contributed by atoms with van der Waals surface area (Å²) in [5.41, 5.74) is 3.58. The van der Waals surface area contributed by atoms with Crippen molar-refractivity contribution in [2.24, 2.45) is 5.92 Å². The molecule has 1 aromatic heterocycles. The summed E-state index contributed by atoms with van der Waals surface area (Å²) in [5.74, 6) is -0.490. The molecule has 0 aliphatic heterocycles. The van der Waals surface area contributed by atoms with E-state index in [0.717, 1.165) is 28.1 Å². The van der Waals surface area contributed by atoms with Gasteiger partial charge in [-0.25, -0.2) is 9.78 Å². The van der Waals surface area contributed by atoms with Gasteiger partial charge >= 0.3 is 5.97 Å². The van der Waals surface area contributed by atoms with E-state index in [1.54, 1.807) is 29.5 Å². The minimum Gasteiger partial charge on any atom is -0.478 e. The average Bonchev–Trinajstić information content (AvgIpc) is 2.98. The lowest BCUT2D eigenvalue weighted by Crippen LogP contribution is -1.99. The topological polar surface area (TPSA) is 62.2 Å². The zero-order chi connectivity index (χ0) is 20.4. The van der Waals surface area contributed by atoms with Crippen molar-refractivity contribution in [2.45, 2.75) is 27.2 Å². The van der Waals surface area contributed by atoms with Crippen LogP contribution in [0.3, 0.4) is 0 Å². The minimum atomic E-state index is -0.956. The molecule has 7 heteroatoms. The number of benzene rings is 2. The molecule has 0 bridgehead atoms. The van der Waals surface area contributed by atoms with Crippen molar-refractivity contribution in [1.29, 1.82) is 0 Å². The fraction of sp³-hybridized carbons (Fsp3) is 0.238. The molecule has 28 heavy (non-hydrogen) atoms. The van der Waals surface area contributed by atoms with E-state index in [1.165, 1.54) is 0 Å². The number of carboxylic acids is 1. The van der Waals surface area contributed by atoms with Crippen LogP contribution in [0.4, 0.5) is 10.8 Å². The largest absolute Gasteiger partial charge is 0.478 e. The van der Waals surface area contributed by atoms with Gasteiger partial charge in [0.05, 0.1) is 21.3 Å². The molecule has 1 heterocycles. The van der Waals surface area contributed by atoms with E-state index in [-0.39, 0.29) is 5.56 Å². The zero-order valence-corrected chi connectivity index (χ0v) is 18.0. The number of thiazole rings is 1. The second-order valence-corrected chi connectivity index (χ2v) is 8.93. The van der Waals surface area contributed by atoms with Crippen LogP contribution in [-0.2, 0) is 6.42 Å². The predicted octanol–water partition coefficient (Wildman–Crippen LogP) is 7.07. The number of carbonyl (C=O) groups is 1. The maximum absolute atomic E-state index is 11.3. The fourth-order valence-corrected chi connectivity index (χ4v) is 4.40. The summed E-state index contributed by atoms with van der Waals surface area (Å²) in [4.78, 5) is 17.2. The van der Waals surface area contributed by atoms with Crippen molar-refractivity contribution in [3.8, 4) is 11.3 Å². The summed E-state index contributed by atoms with van der Waals surface area (Å²) in [5, 5.41) is 14.2. The normalized spacial score (nSPS) is 11.1. The van der Waals surface area contributed by atoms with E-state index < -0.39 is 5.97 Å². The monoisotopic (exact) mass is 434 g/mol. The van der Waals surface area contributed by atoms with Crippen LogP contribution in [0.1, 0.15) is 34.6 Å². The van der Waals surface area contributed by atoms with Crippen LogP contribution in [0.2, 0.25) is 10.0 Å². The summed E-state index contributed by atoms with van der Waals surface area (Å²) in [7, 11) is 0. The first-order valence-corrected chi connectivity index (χ1v) is 10.4. The summed E-state index contributed by atoms with van der Waals surface area (Å²) < 4.78 is 0. The number of hydrogen-bond donors (Lipinski definition) is 2. The number of rotatable bonds is 6. The highest BCUT2D eigenvalue weighted by Gasteiger charge is 2.16. The number of aromatic carboxylic acids is 1. The lowest BCUT2D eigenvalue weighted by Gasteiger charge is -2.06. The highest BCUT2D eigenvalue weighted by molar-refractivity contribution is 7.16. The van der Waals surface area contributed by atoms with Crippen LogP contribution in [0.15, 0.2) is 36.4 Å². The Kier molecular flexibility index (Phi) is 6.28. The van der Waals surface area contributed by atoms with Crippen molar-refractivity contribution in [3.63, 3.8) is 0 Å². The Bertz CT molecular complexity index is 1030. The first-order valence-electron chi connectivity index (χ1n) is 8.80. The van der Waals surface area contributed by atoms with Gasteiger partial charge in [-0.2, -0.15) is 0 Å². The molecule has 2 aromatic carbocycles. The van der Waals surface area contributed by atoms with Gasteiger partial charge in [0.1, 0.15) is 0 Å². The Morgan fingerprint density at radius 2 is 1.93 bits per heavy atom. The molecule has 146 valence electrons. The van der Waals surface area contributed by atoms with E-state index >= 15 is 0 Å². The molecule has 3 aromatic rings. The second-order valence-electron chi connectivity index (χ2n) is 7.04. The van der Waals surface area contributed by atoms with Crippen molar-refractivity contribution >= 4 is 51.3 Å².